The number of ether oxygens (including phenoxy) is 2. The molecule has 6 heteroatoms. The molecule has 0 spiro atoms. The lowest BCUT2D eigenvalue weighted by molar-refractivity contribution is -0.141. The molecule has 0 radical (unpaired) electrons. The van der Waals surface area contributed by atoms with Crippen LogP contribution in [0, 0.1) is 0 Å². The Kier molecular flexibility index (Phi) is 7.45. The highest BCUT2D eigenvalue weighted by Gasteiger charge is 2.14. The number of carbonyl (C=O) groups is 2. The Labute approximate surface area is 119 Å². The Morgan fingerprint density at radius 2 is 1.15 bits per heavy atom. The van der Waals surface area contributed by atoms with Gasteiger partial charge in [0.25, 0.3) is 0 Å². The van der Waals surface area contributed by atoms with Crippen LogP contribution in [0.25, 0.3) is 0 Å². The van der Waals surface area contributed by atoms with E-state index in [1.807, 2.05) is 0 Å². The zero-order valence-electron chi connectivity index (χ0n) is 12.5. The first-order valence-corrected chi connectivity index (χ1v) is 6.46. The molecule has 0 aromatic heterocycles. The highest BCUT2D eigenvalue weighted by Crippen LogP contribution is 2.07. The number of rotatable bonds is 8. The summed E-state index contributed by atoms with van der Waals surface area (Å²) in [4.78, 5) is 22.5. The van der Waals surface area contributed by atoms with E-state index in [0.717, 1.165) is 12.2 Å². The van der Waals surface area contributed by atoms with Gasteiger partial charge in [-0.2, -0.15) is 0 Å². The summed E-state index contributed by atoms with van der Waals surface area (Å²) < 4.78 is 9.59. The predicted octanol–water partition coefficient (Wildman–Crippen LogP) is 0.951. The standard InChI is InChI=1S/C14H24O6/c1-13(2,17)7-9-19-11(15)5-6-12(16)20-10-8-14(3,4)18/h5-6,17-18H,7-10H2,1-4H3/b6-5-. The van der Waals surface area contributed by atoms with E-state index in [1.54, 1.807) is 27.7 Å². The Bertz CT molecular complexity index is 312. The molecule has 20 heavy (non-hydrogen) atoms. The molecular weight excluding hydrogens is 264 g/mol. The molecule has 116 valence electrons. The molecule has 2 N–H and O–H groups in total. The van der Waals surface area contributed by atoms with Crippen molar-refractivity contribution in [3.05, 3.63) is 12.2 Å². The predicted molar refractivity (Wildman–Crippen MR) is 72.9 cm³/mol. The van der Waals surface area contributed by atoms with Crippen molar-refractivity contribution in [3.8, 4) is 0 Å². The summed E-state index contributed by atoms with van der Waals surface area (Å²) in [6, 6.07) is 0. The first kappa shape index (κ1) is 18.6. The molecule has 0 fully saturated rings. The Morgan fingerprint density at radius 3 is 1.40 bits per heavy atom. The second-order valence-electron chi connectivity index (χ2n) is 5.79. The van der Waals surface area contributed by atoms with Crippen LogP contribution >= 0.6 is 0 Å². The van der Waals surface area contributed by atoms with Crippen LogP contribution in [-0.2, 0) is 19.1 Å². The van der Waals surface area contributed by atoms with E-state index in [1.165, 1.54) is 0 Å². The van der Waals surface area contributed by atoms with Gasteiger partial charge in [0.1, 0.15) is 0 Å². The molecular formula is C14H24O6. The molecule has 6 nitrogen and oxygen atoms in total. The first-order chi connectivity index (χ1) is 8.99. The van der Waals surface area contributed by atoms with Gasteiger partial charge in [0.2, 0.25) is 0 Å². The van der Waals surface area contributed by atoms with E-state index < -0.39 is 23.1 Å². The summed E-state index contributed by atoms with van der Waals surface area (Å²) in [5, 5.41) is 18.8. The maximum absolute atomic E-state index is 11.2. The molecule has 0 rings (SSSR count). The van der Waals surface area contributed by atoms with Crippen LogP contribution in [-0.4, -0.2) is 46.6 Å². The second kappa shape index (κ2) is 8.01. The van der Waals surface area contributed by atoms with E-state index in [-0.39, 0.29) is 13.2 Å². The van der Waals surface area contributed by atoms with Gasteiger partial charge in [0, 0.05) is 25.0 Å². The number of hydrogen-bond acceptors (Lipinski definition) is 6. The van der Waals surface area contributed by atoms with Crippen molar-refractivity contribution < 1.29 is 29.3 Å². The van der Waals surface area contributed by atoms with E-state index in [2.05, 4.69) is 0 Å². The molecule has 0 unspecified atom stereocenters. The van der Waals surface area contributed by atoms with Crippen molar-refractivity contribution >= 4 is 11.9 Å². The minimum Gasteiger partial charge on any atom is -0.462 e. The van der Waals surface area contributed by atoms with Gasteiger partial charge >= 0.3 is 11.9 Å². The van der Waals surface area contributed by atoms with E-state index >= 15 is 0 Å². The van der Waals surface area contributed by atoms with Crippen molar-refractivity contribution in [2.75, 3.05) is 13.2 Å². The summed E-state index contributed by atoms with van der Waals surface area (Å²) in [6.07, 6.45) is 2.55. The van der Waals surface area contributed by atoms with Crippen LogP contribution in [0.4, 0.5) is 0 Å². The van der Waals surface area contributed by atoms with E-state index in [9.17, 15) is 19.8 Å². The third kappa shape index (κ3) is 13.0. The molecule has 0 aromatic carbocycles. The van der Waals surface area contributed by atoms with Crippen molar-refractivity contribution in [3.63, 3.8) is 0 Å². The molecule has 0 aliphatic heterocycles. The van der Waals surface area contributed by atoms with E-state index in [0.29, 0.717) is 12.8 Å². The molecule has 0 bridgehead atoms. The van der Waals surface area contributed by atoms with Gasteiger partial charge in [-0.15, -0.1) is 0 Å². The maximum Gasteiger partial charge on any atom is 0.331 e. The van der Waals surface area contributed by atoms with Crippen LogP contribution in [0.3, 0.4) is 0 Å². The number of esters is 2. The lowest BCUT2D eigenvalue weighted by Crippen LogP contribution is -2.22. The highest BCUT2D eigenvalue weighted by molar-refractivity contribution is 5.91. The van der Waals surface area contributed by atoms with Crippen LogP contribution in [0.5, 0.6) is 0 Å². The van der Waals surface area contributed by atoms with Gasteiger partial charge in [-0.05, 0) is 27.7 Å². The minimum atomic E-state index is -0.903. The summed E-state index contributed by atoms with van der Waals surface area (Å²) in [5.74, 6) is -1.35. The fourth-order valence-electron chi connectivity index (χ4n) is 1.04. The van der Waals surface area contributed by atoms with Gasteiger partial charge in [-0.1, -0.05) is 0 Å². The van der Waals surface area contributed by atoms with E-state index in [4.69, 9.17) is 9.47 Å². The summed E-state index contributed by atoms with van der Waals surface area (Å²) in [5.41, 5.74) is -1.81. The van der Waals surface area contributed by atoms with Crippen molar-refractivity contribution in [1.82, 2.24) is 0 Å². The highest BCUT2D eigenvalue weighted by atomic mass is 16.5. The van der Waals surface area contributed by atoms with Gasteiger partial charge in [0.05, 0.1) is 24.4 Å². The molecule has 0 aliphatic rings. The smallest absolute Gasteiger partial charge is 0.331 e. The largest absolute Gasteiger partial charge is 0.462 e. The SMILES string of the molecule is CC(C)(O)CCOC(=O)/C=C\C(=O)OCCC(C)(C)O. The molecule has 0 saturated carbocycles. The topological polar surface area (TPSA) is 93.1 Å². The van der Waals surface area contributed by atoms with Crippen molar-refractivity contribution in [2.45, 2.75) is 51.7 Å². The normalized spacial score (nSPS) is 12.5. The molecule has 0 aromatic rings. The quantitative estimate of drug-likeness (QED) is 0.510. The zero-order valence-corrected chi connectivity index (χ0v) is 12.5. The average Bonchev–Trinajstić information content (AvgIpc) is 2.22. The fraction of sp³-hybridized carbons (Fsp3) is 0.714. The third-order valence-corrected chi connectivity index (χ3v) is 2.27. The molecule has 0 saturated heterocycles. The van der Waals surface area contributed by atoms with Gasteiger partial charge in [-0.3, -0.25) is 0 Å². The van der Waals surface area contributed by atoms with Gasteiger partial charge in [0.15, 0.2) is 0 Å². The van der Waals surface area contributed by atoms with Crippen LogP contribution < -0.4 is 0 Å². The summed E-state index contributed by atoms with van der Waals surface area (Å²) in [6.45, 7) is 6.57. The lowest BCUT2D eigenvalue weighted by atomic mass is 10.1. The summed E-state index contributed by atoms with van der Waals surface area (Å²) >= 11 is 0. The summed E-state index contributed by atoms with van der Waals surface area (Å²) in [7, 11) is 0. The van der Waals surface area contributed by atoms with Gasteiger partial charge < -0.3 is 19.7 Å². The average molecular weight is 288 g/mol. The molecule has 0 aliphatic carbocycles. The minimum absolute atomic E-state index is 0.0699. The number of aliphatic hydroxyl groups is 2. The number of hydrogen-bond donors (Lipinski definition) is 2. The molecule has 0 heterocycles. The molecule has 0 atom stereocenters. The van der Waals surface area contributed by atoms with Gasteiger partial charge in [-0.25, -0.2) is 9.59 Å². The fourth-order valence-corrected chi connectivity index (χ4v) is 1.04. The maximum atomic E-state index is 11.2. The Balaban J connectivity index is 3.86. The van der Waals surface area contributed by atoms with Crippen LogP contribution in [0.15, 0.2) is 12.2 Å². The third-order valence-electron chi connectivity index (χ3n) is 2.27. The van der Waals surface area contributed by atoms with Crippen LogP contribution in [0.1, 0.15) is 40.5 Å². The zero-order chi connectivity index (χ0) is 15.8. The molecule has 0 amide bonds. The second-order valence-corrected chi connectivity index (χ2v) is 5.79. The first-order valence-electron chi connectivity index (χ1n) is 6.46. The Hall–Kier alpha value is -1.40. The van der Waals surface area contributed by atoms with Crippen LogP contribution in [0.2, 0.25) is 0 Å². The Morgan fingerprint density at radius 1 is 0.850 bits per heavy atom. The number of carbonyl (C=O) groups excluding carboxylic acids is 2. The van der Waals surface area contributed by atoms with Crippen molar-refractivity contribution in [1.29, 1.82) is 0 Å². The monoisotopic (exact) mass is 288 g/mol. The lowest BCUT2D eigenvalue weighted by Gasteiger charge is -2.16. The van der Waals surface area contributed by atoms with Crippen molar-refractivity contribution in [2.24, 2.45) is 0 Å².